The first-order chi connectivity index (χ1) is 31.4. The fourth-order valence-electron chi connectivity index (χ4n) is 18.5. The van der Waals surface area contributed by atoms with Crippen molar-refractivity contribution >= 4 is 34.8 Å². The lowest BCUT2D eigenvalue weighted by molar-refractivity contribution is -0.178. The first kappa shape index (κ1) is 50.6. The normalized spacial score (nSPS) is 48.6. The number of hydroxylamine groups is 2. The molecule has 4 heterocycles. The zero-order chi connectivity index (χ0) is 46.7. The lowest BCUT2D eigenvalue weighted by atomic mass is 9.56. The molecule has 12 aliphatic rings. The van der Waals surface area contributed by atoms with Crippen LogP contribution in [0, 0.1) is 70.0 Å². The zero-order valence-corrected chi connectivity index (χ0v) is 43.4. The standard InChI is InChI=1S/C28H41NO3.C28H41NO2.CH2Cl2.CH4/c1-16-11-25-26(29(31)15-16)18(3)28(32-25)10-8-21-22-6-5-19-12-20(30)7-9-27(19,4)24(22)13-23(21)17(2)14-28;1-16-11-25-26(29-15-16)18(3)28(31-25)10-8-21-22-6-5-19-12-20(30)7-9-27(19,4)24(22)13-23(21)17(2)14-28;2-1-3;/h12,16,18,21-22,24-26,31H,5-11,13-15H2,1-4H3;12,16,18,21-22,24-26,29H,5-11,13-15H2,1-4H3;1H2;1H4/t2*16-,18+,21-,22-,24-,25+,26-,27-,28-;;/m00../s1. The van der Waals surface area contributed by atoms with E-state index in [0.29, 0.717) is 53.3 Å². The fourth-order valence-corrected chi connectivity index (χ4v) is 18.5. The van der Waals surface area contributed by atoms with Gasteiger partial charge in [-0.1, -0.05) is 82.4 Å². The lowest BCUT2D eigenvalue weighted by Gasteiger charge is -2.48. The molecule has 0 unspecified atom stereocenters. The summed E-state index contributed by atoms with van der Waals surface area (Å²) in [5, 5.41) is 16.4. The first-order valence-corrected chi connectivity index (χ1v) is 28.0. The third-order valence-corrected chi connectivity index (χ3v) is 22.0. The molecule has 2 N–H and O–H groups in total. The van der Waals surface area contributed by atoms with Gasteiger partial charge in [0.1, 0.15) is 0 Å². The van der Waals surface area contributed by atoms with Gasteiger partial charge >= 0.3 is 0 Å². The van der Waals surface area contributed by atoms with Crippen molar-refractivity contribution in [2.45, 2.75) is 214 Å². The number of nitrogens with one attached hydrogen (secondary N) is 1. The third-order valence-electron chi connectivity index (χ3n) is 22.0. The quantitative estimate of drug-likeness (QED) is 0.185. The third kappa shape index (κ3) is 8.42. The van der Waals surface area contributed by atoms with Crippen molar-refractivity contribution in [3.63, 3.8) is 0 Å². The van der Waals surface area contributed by atoms with Gasteiger partial charge in [0.25, 0.3) is 0 Å². The molecule has 0 aromatic rings. The van der Waals surface area contributed by atoms with E-state index >= 15 is 0 Å². The second kappa shape index (κ2) is 18.9. The van der Waals surface area contributed by atoms with Crippen LogP contribution in [0.3, 0.4) is 0 Å². The summed E-state index contributed by atoms with van der Waals surface area (Å²) in [7, 11) is 0. The second-order valence-corrected chi connectivity index (χ2v) is 26.0. The summed E-state index contributed by atoms with van der Waals surface area (Å²) in [4.78, 5) is 24.2. The van der Waals surface area contributed by atoms with Crippen molar-refractivity contribution in [1.29, 1.82) is 0 Å². The molecule has 2 spiro atoms. The van der Waals surface area contributed by atoms with Crippen LogP contribution in [-0.2, 0) is 19.1 Å². The van der Waals surface area contributed by atoms with Crippen molar-refractivity contribution in [2.75, 3.05) is 18.4 Å². The highest BCUT2D eigenvalue weighted by Gasteiger charge is 2.61. The summed E-state index contributed by atoms with van der Waals surface area (Å²) < 4.78 is 13.9. The number of halogens is 2. The Morgan fingerprint density at radius 1 is 0.701 bits per heavy atom. The summed E-state index contributed by atoms with van der Waals surface area (Å²) in [6.45, 7) is 21.1. The molecule has 0 radical (unpaired) electrons. The number of ketones is 2. The number of allylic oxidation sites excluding steroid dienone is 6. The van der Waals surface area contributed by atoms with Gasteiger partial charge in [0.05, 0.1) is 34.8 Å². The molecular formula is C58H88Cl2N2O5. The molecule has 9 heteroatoms. The van der Waals surface area contributed by atoms with Crippen LogP contribution in [0.4, 0.5) is 0 Å². The number of alkyl halides is 2. The maximum atomic E-state index is 12.1. The van der Waals surface area contributed by atoms with Crippen LogP contribution in [0.25, 0.3) is 0 Å². The molecular weight excluding hydrogens is 876 g/mol. The molecule has 0 aromatic carbocycles. The minimum Gasteiger partial charge on any atom is -0.369 e. The Hall–Kier alpha value is -1.32. The van der Waals surface area contributed by atoms with Gasteiger partial charge in [-0.15, -0.1) is 23.2 Å². The van der Waals surface area contributed by atoms with Gasteiger partial charge in [-0.05, 0) is 193 Å². The average molecular weight is 964 g/mol. The minimum atomic E-state index is -0.113. The van der Waals surface area contributed by atoms with E-state index in [4.69, 9.17) is 32.7 Å². The summed E-state index contributed by atoms with van der Waals surface area (Å²) in [5.74, 6) is 7.36. The summed E-state index contributed by atoms with van der Waals surface area (Å²) in [6.07, 6.45) is 24.9. The van der Waals surface area contributed by atoms with Crippen LogP contribution in [0.15, 0.2) is 45.6 Å². The minimum absolute atomic E-state index is 0. The number of piperidine rings is 2. The van der Waals surface area contributed by atoms with E-state index < -0.39 is 0 Å². The Bertz CT molecular complexity index is 2060. The van der Waals surface area contributed by atoms with Gasteiger partial charge in [-0.2, -0.15) is 5.06 Å². The molecule has 8 fully saturated rings. The molecule has 8 aliphatic carbocycles. The Kier molecular flexibility index (Phi) is 14.3. The lowest BCUT2D eigenvalue weighted by Crippen LogP contribution is -2.50. The molecule has 0 aromatic heterocycles. The van der Waals surface area contributed by atoms with Crippen LogP contribution in [0.2, 0.25) is 0 Å². The summed E-state index contributed by atoms with van der Waals surface area (Å²) in [6, 6.07) is 0.691. The highest BCUT2D eigenvalue weighted by molar-refractivity contribution is 6.40. The maximum Gasteiger partial charge on any atom is 0.155 e. The van der Waals surface area contributed by atoms with Crippen molar-refractivity contribution in [2.24, 2.45) is 70.0 Å². The maximum absolute atomic E-state index is 12.1. The Morgan fingerprint density at radius 2 is 1.18 bits per heavy atom. The van der Waals surface area contributed by atoms with E-state index in [1.807, 2.05) is 12.2 Å². The molecule has 18 atom stereocenters. The molecule has 0 bridgehead atoms. The van der Waals surface area contributed by atoms with Crippen molar-refractivity contribution < 1.29 is 24.3 Å². The van der Waals surface area contributed by atoms with Crippen molar-refractivity contribution in [1.82, 2.24) is 10.4 Å². The van der Waals surface area contributed by atoms with E-state index in [0.717, 1.165) is 107 Å². The molecule has 4 aliphatic heterocycles. The first-order valence-electron chi connectivity index (χ1n) is 27.0. The van der Waals surface area contributed by atoms with Gasteiger partial charge in [-0.25, -0.2) is 0 Å². The zero-order valence-electron chi connectivity index (χ0n) is 41.9. The summed E-state index contributed by atoms with van der Waals surface area (Å²) in [5.41, 5.74) is 10.1. The molecule has 0 amide bonds. The van der Waals surface area contributed by atoms with Gasteiger partial charge in [0, 0.05) is 37.3 Å². The second-order valence-electron chi connectivity index (χ2n) is 25.2. The fraction of sp³-hybridized carbons (Fsp3) is 0.828. The molecule has 374 valence electrons. The number of nitrogens with zero attached hydrogens (tertiary/aromatic N) is 1. The molecule has 67 heavy (non-hydrogen) atoms. The molecule has 7 nitrogen and oxygen atoms in total. The van der Waals surface area contributed by atoms with Gasteiger partial charge in [-0.3, -0.25) is 9.59 Å². The van der Waals surface area contributed by atoms with Crippen LogP contribution < -0.4 is 5.32 Å². The number of hydrogen-bond acceptors (Lipinski definition) is 7. The number of fused-ring (bicyclic) bond motifs is 12. The smallest absolute Gasteiger partial charge is 0.155 e. The predicted octanol–water partition coefficient (Wildman–Crippen LogP) is 13.4. The largest absolute Gasteiger partial charge is 0.369 e. The monoisotopic (exact) mass is 963 g/mol. The molecule has 4 saturated carbocycles. The number of rotatable bonds is 0. The van der Waals surface area contributed by atoms with Gasteiger partial charge in [0.15, 0.2) is 11.6 Å². The highest BCUT2D eigenvalue weighted by Crippen LogP contribution is 2.66. The van der Waals surface area contributed by atoms with Crippen molar-refractivity contribution in [3.8, 4) is 0 Å². The average Bonchev–Trinajstić information content (AvgIpc) is 3.94. The highest BCUT2D eigenvalue weighted by atomic mass is 35.5. The van der Waals surface area contributed by atoms with Crippen LogP contribution in [-0.4, -0.2) is 75.8 Å². The Balaban J connectivity index is 0.000000157. The predicted molar refractivity (Wildman–Crippen MR) is 271 cm³/mol. The van der Waals surface area contributed by atoms with E-state index in [9.17, 15) is 14.8 Å². The Morgan fingerprint density at radius 3 is 1.70 bits per heavy atom. The number of carbonyl (C=O) groups excluding carboxylic acids is 2. The van der Waals surface area contributed by atoms with Crippen LogP contribution >= 0.6 is 23.2 Å². The number of carbonyl (C=O) groups is 2. The van der Waals surface area contributed by atoms with Crippen LogP contribution in [0.5, 0.6) is 0 Å². The van der Waals surface area contributed by atoms with E-state index in [1.54, 1.807) is 27.4 Å². The Labute approximate surface area is 415 Å². The van der Waals surface area contributed by atoms with Gasteiger partial charge in [0.2, 0.25) is 0 Å². The number of ether oxygens (including phenoxy) is 2. The SMILES string of the molecule is C.CC1=C2C[C@H]3[C@@H](CCC4=CC(=O)CC[C@@]43C)[C@@H]2CC[C@@]2(C1)O[C@@H]1C[C@H](C)CN(O)[C@H]1[C@H]2C.CC1=C2C[C@H]3[C@@H](CCC4=CC(=O)CC[C@@]43C)[C@@H]2CC[C@@]2(C1)O[C@@H]1C[C@H](C)CN[C@H]1[C@H]2C.ClCCl. The number of hydrogen-bond donors (Lipinski definition) is 2. The van der Waals surface area contributed by atoms with E-state index in [1.165, 1.54) is 62.5 Å². The van der Waals surface area contributed by atoms with Gasteiger partial charge < -0.3 is 20.0 Å². The van der Waals surface area contributed by atoms with Crippen LogP contribution in [0.1, 0.15) is 178 Å². The topological polar surface area (TPSA) is 88.1 Å². The molecule has 4 saturated heterocycles. The van der Waals surface area contributed by atoms with E-state index in [-0.39, 0.29) is 46.9 Å². The van der Waals surface area contributed by atoms with E-state index in [2.05, 4.69) is 60.7 Å². The van der Waals surface area contributed by atoms with Crippen molar-refractivity contribution in [3.05, 3.63) is 45.6 Å². The molecule has 12 rings (SSSR count). The summed E-state index contributed by atoms with van der Waals surface area (Å²) >= 11 is 9.53.